The second kappa shape index (κ2) is 10.7. The molecule has 5 heteroatoms. The summed E-state index contributed by atoms with van der Waals surface area (Å²) in [5.41, 5.74) is 1.83. The van der Waals surface area contributed by atoms with Gasteiger partial charge in [-0.1, -0.05) is 75.2 Å². The second-order valence-corrected chi connectivity index (χ2v) is 10.4. The van der Waals surface area contributed by atoms with Gasteiger partial charge in [0.2, 0.25) is 0 Å². The Morgan fingerprint density at radius 2 is 1.80 bits per heavy atom. The van der Waals surface area contributed by atoms with Crippen molar-refractivity contribution in [2.75, 3.05) is 6.61 Å². The van der Waals surface area contributed by atoms with Gasteiger partial charge >= 0.3 is 0 Å². The van der Waals surface area contributed by atoms with E-state index in [1.807, 2.05) is 59.5 Å². The van der Waals surface area contributed by atoms with E-state index in [0.717, 1.165) is 58.6 Å². The van der Waals surface area contributed by atoms with Crippen molar-refractivity contribution in [1.82, 2.24) is 4.90 Å². The zero-order valence-electron chi connectivity index (χ0n) is 20.4. The maximum atomic E-state index is 13.9. The monoisotopic (exact) mass is 484 g/mol. The van der Waals surface area contributed by atoms with E-state index >= 15 is 0 Å². The van der Waals surface area contributed by atoms with Crippen LogP contribution in [0.15, 0.2) is 76.6 Å². The molecule has 180 valence electrons. The number of aliphatic imine (C=N–C) groups is 1. The van der Waals surface area contributed by atoms with Gasteiger partial charge in [0, 0.05) is 11.6 Å². The van der Waals surface area contributed by atoms with Crippen LogP contribution in [-0.4, -0.2) is 28.6 Å². The number of carbonyl (C=O) groups excluding carboxylic acids is 1. The molecule has 0 aromatic heterocycles. The maximum absolute atomic E-state index is 13.9. The molecule has 0 unspecified atom stereocenters. The lowest BCUT2D eigenvalue weighted by molar-refractivity contribution is -0.124. The van der Waals surface area contributed by atoms with E-state index in [9.17, 15) is 4.79 Å². The summed E-state index contributed by atoms with van der Waals surface area (Å²) >= 11 is 1.49. The van der Waals surface area contributed by atoms with Gasteiger partial charge in [-0.25, -0.2) is 4.99 Å². The summed E-state index contributed by atoms with van der Waals surface area (Å²) in [7, 11) is 0. The van der Waals surface area contributed by atoms with Gasteiger partial charge in [-0.2, -0.15) is 0 Å². The average Bonchev–Trinajstić information content (AvgIpc) is 3.18. The minimum atomic E-state index is 0.0535. The number of fused-ring (bicyclic) bond motifs is 1. The van der Waals surface area contributed by atoms with Crippen LogP contribution in [0.3, 0.4) is 0 Å². The molecule has 1 saturated carbocycles. The largest absolute Gasteiger partial charge is 0.493 e. The highest BCUT2D eigenvalue weighted by Crippen LogP contribution is 2.41. The van der Waals surface area contributed by atoms with Gasteiger partial charge in [0.05, 0.1) is 17.2 Å². The maximum Gasteiger partial charge on any atom is 0.267 e. The summed E-state index contributed by atoms with van der Waals surface area (Å²) in [4.78, 5) is 21.6. The van der Waals surface area contributed by atoms with E-state index in [-0.39, 0.29) is 11.9 Å². The molecule has 0 N–H and O–H groups in total. The molecule has 35 heavy (non-hydrogen) atoms. The van der Waals surface area contributed by atoms with Crippen molar-refractivity contribution < 1.29 is 9.53 Å². The molecule has 4 nitrogen and oxygen atoms in total. The van der Waals surface area contributed by atoms with Crippen molar-refractivity contribution in [3.8, 4) is 5.75 Å². The molecule has 0 spiro atoms. The molecule has 5 rings (SSSR count). The van der Waals surface area contributed by atoms with E-state index in [1.165, 1.54) is 18.2 Å². The average molecular weight is 485 g/mol. The topological polar surface area (TPSA) is 41.9 Å². The van der Waals surface area contributed by atoms with Crippen LogP contribution in [0, 0.1) is 5.92 Å². The number of amides is 1. The first-order valence-electron chi connectivity index (χ1n) is 12.7. The molecule has 2 atom stereocenters. The number of carbonyl (C=O) groups is 1. The molecule has 0 bridgehead atoms. The molecular formula is C30H32N2O2S. The third-order valence-electron chi connectivity index (χ3n) is 6.88. The van der Waals surface area contributed by atoms with Gasteiger partial charge in [0.15, 0.2) is 5.17 Å². The number of para-hydroxylation sites is 1. The van der Waals surface area contributed by atoms with Gasteiger partial charge in [0.25, 0.3) is 5.91 Å². The zero-order chi connectivity index (χ0) is 24.2. The molecule has 0 radical (unpaired) electrons. The van der Waals surface area contributed by atoms with Crippen LogP contribution < -0.4 is 4.74 Å². The Morgan fingerprint density at radius 1 is 1.03 bits per heavy atom. The van der Waals surface area contributed by atoms with E-state index in [0.29, 0.717) is 17.4 Å². The van der Waals surface area contributed by atoms with Crippen LogP contribution in [-0.2, 0) is 4.79 Å². The van der Waals surface area contributed by atoms with Crippen molar-refractivity contribution in [3.63, 3.8) is 0 Å². The van der Waals surface area contributed by atoms with Crippen LogP contribution in [0.1, 0.15) is 51.5 Å². The van der Waals surface area contributed by atoms with E-state index < -0.39 is 0 Å². The minimum absolute atomic E-state index is 0.0535. The molecule has 3 aromatic rings. The third-order valence-corrected chi connectivity index (χ3v) is 7.87. The number of benzene rings is 3. The standard InChI is InChI=1S/C30H32N2O2S/c1-3-19-34-27-18-17-22-12-8-9-15-24(22)25(27)20-28-29(33)32(26-16-10-7-11-21(26)2)30(35-28)31-23-13-5-4-6-14-23/h4-6,8-9,12-15,17-18,20-21,26H,3,7,10-11,16,19H2,1-2H3/b28-20-,31-30?/t21-,26-/m0/s1. The fourth-order valence-electron chi connectivity index (χ4n) is 5.04. The Balaban J connectivity index is 1.60. The molecule has 2 aliphatic rings. The lowest BCUT2D eigenvalue weighted by atomic mass is 9.85. The number of nitrogens with zero attached hydrogens (tertiary/aromatic N) is 2. The minimum Gasteiger partial charge on any atom is -0.493 e. The van der Waals surface area contributed by atoms with E-state index in [1.54, 1.807) is 0 Å². The number of ether oxygens (including phenoxy) is 1. The summed E-state index contributed by atoms with van der Waals surface area (Å²) < 4.78 is 6.11. The Labute approximate surface area is 212 Å². The molecular weight excluding hydrogens is 452 g/mol. The number of hydrogen-bond acceptors (Lipinski definition) is 4. The quantitative estimate of drug-likeness (QED) is 0.335. The first kappa shape index (κ1) is 23.7. The van der Waals surface area contributed by atoms with Crippen LogP contribution in [0.2, 0.25) is 0 Å². The summed E-state index contributed by atoms with van der Waals surface area (Å²) in [6, 6.07) is 22.5. The molecule has 3 aromatic carbocycles. The summed E-state index contributed by atoms with van der Waals surface area (Å²) in [6.45, 7) is 5.01. The van der Waals surface area contributed by atoms with Gasteiger partial charge in [-0.3, -0.25) is 9.69 Å². The fourth-order valence-corrected chi connectivity index (χ4v) is 6.07. The van der Waals surface area contributed by atoms with E-state index in [4.69, 9.17) is 9.73 Å². The highest BCUT2D eigenvalue weighted by molar-refractivity contribution is 8.18. The van der Waals surface area contributed by atoms with E-state index in [2.05, 4.69) is 32.0 Å². The van der Waals surface area contributed by atoms with Gasteiger partial charge < -0.3 is 4.74 Å². The molecule has 1 saturated heterocycles. The van der Waals surface area contributed by atoms with Gasteiger partial charge in [-0.05, 0) is 72.0 Å². The third kappa shape index (κ3) is 5.01. The molecule has 1 amide bonds. The fraction of sp³-hybridized carbons (Fsp3) is 0.333. The number of hydrogen-bond donors (Lipinski definition) is 0. The Morgan fingerprint density at radius 3 is 2.60 bits per heavy atom. The Kier molecular flexibility index (Phi) is 7.24. The smallest absolute Gasteiger partial charge is 0.267 e. The number of rotatable bonds is 6. The second-order valence-electron chi connectivity index (χ2n) is 9.39. The normalized spacial score (nSPS) is 22.9. The molecule has 1 aliphatic carbocycles. The molecule has 2 fully saturated rings. The molecule has 1 heterocycles. The predicted molar refractivity (Wildman–Crippen MR) is 147 cm³/mol. The lowest BCUT2D eigenvalue weighted by Gasteiger charge is -2.35. The van der Waals surface area contributed by atoms with Crippen LogP contribution in [0.5, 0.6) is 5.75 Å². The Bertz CT molecular complexity index is 1270. The summed E-state index contributed by atoms with van der Waals surface area (Å²) in [6.07, 6.45) is 7.50. The van der Waals surface area contributed by atoms with Crippen molar-refractivity contribution in [1.29, 1.82) is 0 Å². The zero-order valence-corrected chi connectivity index (χ0v) is 21.3. The van der Waals surface area contributed by atoms with Gasteiger partial charge in [-0.15, -0.1) is 0 Å². The lowest BCUT2D eigenvalue weighted by Crippen LogP contribution is -2.44. The van der Waals surface area contributed by atoms with Crippen LogP contribution >= 0.6 is 11.8 Å². The molecule has 1 aliphatic heterocycles. The number of amidine groups is 1. The first-order chi connectivity index (χ1) is 17.2. The van der Waals surface area contributed by atoms with Crippen molar-refractivity contribution >= 4 is 45.4 Å². The van der Waals surface area contributed by atoms with Crippen molar-refractivity contribution in [3.05, 3.63) is 77.2 Å². The number of thioether (sulfide) groups is 1. The van der Waals surface area contributed by atoms with Crippen LogP contribution in [0.4, 0.5) is 5.69 Å². The van der Waals surface area contributed by atoms with Crippen molar-refractivity contribution in [2.24, 2.45) is 10.9 Å². The first-order valence-corrected chi connectivity index (χ1v) is 13.5. The summed E-state index contributed by atoms with van der Waals surface area (Å²) in [5, 5.41) is 3.00. The van der Waals surface area contributed by atoms with Crippen molar-refractivity contribution in [2.45, 2.75) is 52.0 Å². The highest BCUT2D eigenvalue weighted by Gasteiger charge is 2.41. The SMILES string of the molecule is CCCOc1ccc2ccccc2c1/C=C1\SC(=Nc2ccccc2)N([C@H]2CCCC[C@@H]2C)C1=O. The predicted octanol–water partition coefficient (Wildman–Crippen LogP) is 7.81. The summed E-state index contributed by atoms with van der Waals surface area (Å²) in [5.74, 6) is 1.32. The highest BCUT2D eigenvalue weighted by atomic mass is 32.2. The van der Waals surface area contributed by atoms with Gasteiger partial charge in [0.1, 0.15) is 5.75 Å². The Hall–Kier alpha value is -3.05. The van der Waals surface area contributed by atoms with Crippen LogP contribution in [0.25, 0.3) is 16.8 Å².